The van der Waals surface area contributed by atoms with Gasteiger partial charge in [-0.1, -0.05) is 13.0 Å². The molecule has 2 aromatic heterocycles. The molecule has 2 aromatic carbocycles. The standard InChI is InChI=1S/C24H20F4N6O/c1-23(7-8-23)21-33-18(19-20(29)30-9-10-34(19)21)16-6-5-15(12-17(16)25)32-22(35)31-14-4-2-3-13(11-14)24(26,27)28/h2-6,9-12H,7-8H2,1H3,(H2,29,30)(H2,31,32,35). The van der Waals surface area contributed by atoms with Crippen molar-refractivity contribution in [2.75, 3.05) is 16.4 Å². The molecule has 1 fully saturated rings. The number of nitrogens with zero attached hydrogens (tertiary/aromatic N) is 3. The number of fused-ring (bicyclic) bond motifs is 1. The lowest BCUT2D eigenvalue weighted by Crippen LogP contribution is -2.20. The third-order valence-electron chi connectivity index (χ3n) is 6.05. The summed E-state index contributed by atoms with van der Waals surface area (Å²) in [6.45, 7) is 2.08. The molecule has 4 N–H and O–H groups in total. The van der Waals surface area contributed by atoms with E-state index in [-0.39, 0.29) is 28.2 Å². The largest absolute Gasteiger partial charge is 0.416 e. The lowest BCUT2D eigenvalue weighted by Gasteiger charge is -2.11. The van der Waals surface area contributed by atoms with Crippen LogP contribution in [-0.4, -0.2) is 20.4 Å². The van der Waals surface area contributed by atoms with Crippen LogP contribution < -0.4 is 16.4 Å². The zero-order valence-electron chi connectivity index (χ0n) is 18.4. The number of anilines is 3. The van der Waals surface area contributed by atoms with E-state index in [2.05, 4.69) is 22.5 Å². The molecule has 0 spiro atoms. The fraction of sp³-hybridized carbons (Fsp3) is 0.208. The number of hydrogen-bond donors (Lipinski definition) is 3. The molecule has 1 aliphatic carbocycles. The summed E-state index contributed by atoms with van der Waals surface area (Å²) < 4.78 is 55.6. The molecule has 2 heterocycles. The van der Waals surface area contributed by atoms with E-state index in [0.29, 0.717) is 11.2 Å². The van der Waals surface area contributed by atoms with Gasteiger partial charge in [-0.15, -0.1) is 0 Å². The van der Waals surface area contributed by atoms with E-state index in [4.69, 9.17) is 10.7 Å². The molecular formula is C24H20F4N6O. The number of rotatable bonds is 4. The first-order chi connectivity index (χ1) is 16.5. The first kappa shape index (κ1) is 22.6. The van der Waals surface area contributed by atoms with Crippen molar-refractivity contribution < 1.29 is 22.4 Å². The molecule has 2 amide bonds. The lowest BCUT2D eigenvalue weighted by molar-refractivity contribution is -0.137. The molecule has 4 aromatic rings. The Morgan fingerprint density at radius 1 is 1.11 bits per heavy atom. The predicted molar refractivity (Wildman–Crippen MR) is 123 cm³/mol. The van der Waals surface area contributed by atoms with E-state index in [1.54, 1.807) is 12.4 Å². The maximum Gasteiger partial charge on any atom is 0.416 e. The highest BCUT2D eigenvalue weighted by molar-refractivity contribution is 6.00. The average Bonchev–Trinajstić information content (AvgIpc) is 3.40. The van der Waals surface area contributed by atoms with Crippen LogP contribution in [0.4, 0.5) is 39.5 Å². The topological polar surface area (TPSA) is 97.3 Å². The summed E-state index contributed by atoms with van der Waals surface area (Å²) in [4.78, 5) is 21.1. The van der Waals surface area contributed by atoms with Crippen LogP contribution >= 0.6 is 0 Å². The van der Waals surface area contributed by atoms with E-state index in [9.17, 15) is 18.0 Å². The van der Waals surface area contributed by atoms with Crippen LogP contribution in [-0.2, 0) is 11.6 Å². The number of benzene rings is 2. The van der Waals surface area contributed by atoms with Gasteiger partial charge in [0.25, 0.3) is 0 Å². The third kappa shape index (κ3) is 4.25. The van der Waals surface area contributed by atoms with E-state index >= 15 is 4.39 Å². The zero-order valence-corrected chi connectivity index (χ0v) is 18.4. The molecule has 7 nitrogen and oxygen atoms in total. The molecule has 5 rings (SSSR count). The van der Waals surface area contributed by atoms with Crippen LogP contribution in [0, 0.1) is 5.82 Å². The average molecular weight is 484 g/mol. The van der Waals surface area contributed by atoms with Crippen molar-refractivity contribution in [3.8, 4) is 11.3 Å². The second-order valence-corrected chi connectivity index (χ2v) is 8.73. The molecule has 11 heteroatoms. The Balaban J connectivity index is 1.40. The Morgan fingerprint density at radius 2 is 1.83 bits per heavy atom. The van der Waals surface area contributed by atoms with E-state index in [1.165, 1.54) is 24.3 Å². The number of nitrogen functional groups attached to an aromatic ring is 1. The van der Waals surface area contributed by atoms with Gasteiger partial charge in [-0.05, 0) is 49.2 Å². The molecule has 180 valence electrons. The number of hydrogen-bond acceptors (Lipinski definition) is 4. The van der Waals surface area contributed by atoms with E-state index < -0.39 is 23.6 Å². The van der Waals surface area contributed by atoms with Gasteiger partial charge in [0.2, 0.25) is 0 Å². The Labute approximate surface area is 197 Å². The summed E-state index contributed by atoms with van der Waals surface area (Å²) in [6, 6.07) is 7.43. The van der Waals surface area contributed by atoms with Crippen molar-refractivity contribution in [3.05, 3.63) is 72.1 Å². The molecule has 1 aliphatic rings. The van der Waals surface area contributed by atoms with Gasteiger partial charge in [0.15, 0.2) is 0 Å². The predicted octanol–water partition coefficient (Wildman–Crippen LogP) is 5.83. The summed E-state index contributed by atoms with van der Waals surface area (Å²) in [6.07, 6.45) is 0.683. The summed E-state index contributed by atoms with van der Waals surface area (Å²) in [5.41, 5.74) is 6.17. The minimum atomic E-state index is -4.54. The maximum absolute atomic E-state index is 15.2. The zero-order chi connectivity index (χ0) is 25.0. The highest BCUT2D eigenvalue weighted by atomic mass is 19.4. The second-order valence-electron chi connectivity index (χ2n) is 8.73. The van der Waals surface area contributed by atoms with Crippen LogP contribution in [0.5, 0.6) is 0 Å². The Kier molecular flexibility index (Phi) is 5.15. The smallest absolute Gasteiger partial charge is 0.382 e. The summed E-state index contributed by atoms with van der Waals surface area (Å²) >= 11 is 0. The van der Waals surface area contributed by atoms with Gasteiger partial charge in [-0.25, -0.2) is 19.2 Å². The highest BCUT2D eigenvalue weighted by Gasteiger charge is 2.43. The number of amides is 2. The van der Waals surface area contributed by atoms with Crippen LogP contribution in [0.25, 0.3) is 16.8 Å². The molecule has 0 bridgehead atoms. The lowest BCUT2D eigenvalue weighted by atomic mass is 10.1. The van der Waals surface area contributed by atoms with Gasteiger partial charge in [0.1, 0.15) is 28.7 Å². The molecule has 0 saturated heterocycles. The number of halogens is 4. The van der Waals surface area contributed by atoms with Crippen molar-refractivity contribution >= 4 is 28.7 Å². The number of carbonyl (C=O) groups is 1. The van der Waals surface area contributed by atoms with Gasteiger partial charge < -0.3 is 16.4 Å². The van der Waals surface area contributed by atoms with Crippen molar-refractivity contribution in [2.24, 2.45) is 0 Å². The summed E-state index contributed by atoms with van der Waals surface area (Å²) in [5.74, 6) is 0.337. The van der Waals surface area contributed by atoms with E-state index in [1.807, 2.05) is 4.40 Å². The van der Waals surface area contributed by atoms with E-state index in [0.717, 1.165) is 36.9 Å². The van der Waals surface area contributed by atoms with Gasteiger partial charge in [-0.2, -0.15) is 13.2 Å². The number of imidazole rings is 1. The highest BCUT2D eigenvalue weighted by Crippen LogP contribution is 2.48. The molecule has 0 aliphatic heterocycles. The van der Waals surface area contributed by atoms with Crippen molar-refractivity contribution in [3.63, 3.8) is 0 Å². The molecule has 0 unspecified atom stereocenters. The molecule has 1 saturated carbocycles. The fourth-order valence-electron chi connectivity index (χ4n) is 3.94. The molecule has 0 radical (unpaired) electrons. The third-order valence-corrected chi connectivity index (χ3v) is 6.05. The monoisotopic (exact) mass is 484 g/mol. The van der Waals surface area contributed by atoms with Crippen molar-refractivity contribution in [1.29, 1.82) is 0 Å². The number of nitrogens with one attached hydrogen (secondary N) is 2. The quantitative estimate of drug-likeness (QED) is 0.318. The Bertz CT molecular complexity index is 1460. The summed E-state index contributed by atoms with van der Waals surface area (Å²) in [7, 11) is 0. The molecular weight excluding hydrogens is 464 g/mol. The maximum atomic E-state index is 15.2. The van der Waals surface area contributed by atoms with Crippen molar-refractivity contribution in [1.82, 2.24) is 14.4 Å². The Hall–Kier alpha value is -4.15. The van der Waals surface area contributed by atoms with Gasteiger partial charge in [0, 0.05) is 34.7 Å². The van der Waals surface area contributed by atoms with Crippen LogP contribution in [0.3, 0.4) is 0 Å². The van der Waals surface area contributed by atoms with Crippen molar-refractivity contribution in [2.45, 2.75) is 31.4 Å². The Morgan fingerprint density at radius 3 is 2.49 bits per heavy atom. The first-order valence-electron chi connectivity index (χ1n) is 10.7. The molecule has 35 heavy (non-hydrogen) atoms. The van der Waals surface area contributed by atoms with Gasteiger partial charge >= 0.3 is 12.2 Å². The summed E-state index contributed by atoms with van der Waals surface area (Å²) in [5, 5.41) is 4.74. The second kappa shape index (κ2) is 7.97. The molecule has 0 atom stereocenters. The minimum Gasteiger partial charge on any atom is -0.382 e. The van der Waals surface area contributed by atoms with Crippen LogP contribution in [0.1, 0.15) is 31.2 Å². The van der Waals surface area contributed by atoms with Crippen LogP contribution in [0.15, 0.2) is 54.9 Å². The van der Waals surface area contributed by atoms with Gasteiger partial charge in [-0.3, -0.25) is 4.40 Å². The number of nitrogens with two attached hydrogens (primary N) is 1. The SMILES string of the molecule is CC1(c2nc(-c3ccc(NC(=O)Nc4cccc(C(F)(F)F)c4)cc3F)c3c(N)nccn23)CC1. The number of alkyl halides is 3. The van der Waals surface area contributed by atoms with Crippen LogP contribution in [0.2, 0.25) is 0 Å². The number of aromatic nitrogens is 3. The first-order valence-corrected chi connectivity index (χ1v) is 10.7. The fourth-order valence-corrected chi connectivity index (χ4v) is 3.94. The van der Waals surface area contributed by atoms with Gasteiger partial charge in [0.05, 0.1) is 5.56 Å². The number of carbonyl (C=O) groups excluding carboxylic acids is 1. The number of urea groups is 1. The minimum absolute atomic E-state index is 0.0528. The normalized spacial score (nSPS) is 14.7.